The minimum absolute atomic E-state index is 0.181. The van der Waals surface area contributed by atoms with Crippen LogP contribution in [0, 0.1) is 11.3 Å². The molecule has 0 bridgehead atoms. The van der Waals surface area contributed by atoms with Crippen molar-refractivity contribution in [3.63, 3.8) is 0 Å². The molecule has 3 rings (SSSR count). The summed E-state index contributed by atoms with van der Waals surface area (Å²) in [6, 6.07) is 12.3. The number of likely N-dealkylation sites (tertiary alicyclic amines) is 1. The number of benzene rings is 1. The van der Waals surface area contributed by atoms with Crippen molar-refractivity contribution in [2.75, 3.05) is 6.54 Å². The van der Waals surface area contributed by atoms with Crippen molar-refractivity contribution < 1.29 is 9.90 Å². The third-order valence-electron chi connectivity index (χ3n) is 4.86. The van der Waals surface area contributed by atoms with Crippen LogP contribution in [0.15, 0.2) is 42.6 Å². The van der Waals surface area contributed by atoms with Gasteiger partial charge in [-0.15, -0.1) is 0 Å². The average Bonchev–Trinajstić information content (AvgIpc) is 2.67. The number of carbonyl (C=O) groups excluding carboxylic acids is 1. The molecule has 26 heavy (non-hydrogen) atoms. The summed E-state index contributed by atoms with van der Waals surface area (Å²) in [6.45, 7) is 0.704. The van der Waals surface area contributed by atoms with Crippen molar-refractivity contribution in [3.8, 4) is 23.1 Å². The van der Waals surface area contributed by atoms with E-state index in [4.69, 9.17) is 5.73 Å². The minimum atomic E-state index is -0.412. The van der Waals surface area contributed by atoms with Crippen LogP contribution in [0.25, 0.3) is 11.3 Å². The Hall–Kier alpha value is -2.91. The van der Waals surface area contributed by atoms with Gasteiger partial charge in [-0.1, -0.05) is 24.6 Å². The number of para-hydroxylation sites is 1. The molecular weight excluding hydrogens is 328 g/mol. The Bertz CT molecular complexity index is 813. The van der Waals surface area contributed by atoms with E-state index in [0.717, 1.165) is 18.4 Å². The summed E-state index contributed by atoms with van der Waals surface area (Å²) in [6.07, 6.45) is 4.83. The number of pyridine rings is 1. The van der Waals surface area contributed by atoms with Gasteiger partial charge in [0.05, 0.1) is 17.8 Å². The zero-order valence-corrected chi connectivity index (χ0v) is 14.5. The molecule has 6 nitrogen and oxygen atoms in total. The first-order chi connectivity index (χ1) is 12.6. The summed E-state index contributed by atoms with van der Waals surface area (Å²) >= 11 is 0. The molecule has 1 aromatic carbocycles. The van der Waals surface area contributed by atoms with Gasteiger partial charge in [0.2, 0.25) is 5.91 Å². The molecule has 2 heterocycles. The maximum Gasteiger partial charge on any atom is 0.234 e. The van der Waals surface area contributed by atoms with Crippen molar-refractivity contribution in [2.45, 2.75) is 37.8 Å². The van der Waals surface area contributed by atoms with Crippen LogP contribution in [-0.2, 0) is 11.2 Å². The van der Waals surface area contributed by atoms with Crippen molar-refractivity contribution in [1.29, 1.82) is 5.26 Å². The van der Waals surface area contributed by atoms with Gasteiger partial charge in [-0.05, 0) is 36.6 Å². The van der Waals surface area contributed by atoms with E-state index in [1.165, 1.54) is 0 Å². The standard InChI is InChI=1S/C20H22N4O2/c21-12-15(24-10-4-3-6-18(24)20(22)26)11-14-8-9-17(23-13-14)16-5-1-2-7-19(16)25/h1-2,5,7-9,13,15,18,25H,3-4,6,10-11H2,(H2,22,26)/t15-,18?/m0/s1. The number of carbonyl (C=O) groups is 1. The molecule has 1 aromatic heterocycles. The molecule has 1 aliphatic heterocycles. The molecule has 0 spiro atoms. The fourth-order valence-corrected chi connectivity index (χ4v) is 3.49. The lowest BCUT2D eigenvalue weighted by molar-refractivity contribution is -0.125. The number of phenols is 1. The molecule has 1 unspecified atom stereocenters. The van der Waals surface area contributed by atoms with Gasteiger partial charge in [-0.25, -0.2) is 0 Å². The number of nitrogens with two attached hydrogens (primary N) is 1. The lowest BCUT2D eigenvalue weighted by atomic mass is 9.97. The highest BCUT2D eigenvalue weighted by Crippen LogP contribution is 2.27. The zero-order chi connectivity index (χ0) is 18.5. The maximum absolute atomic E-state index is 11.7. The highest BCUT2D eigenvalue weighted by atomic mass is 16.3. The Kier molecular flexibility index (Phi) is 5.49. The van der Waals surface area contributed by atoms with E-state index in [1.807, 2.05) is 23.1 Å². The van der Waals surface area contributed by atoms with Gasteiger partial charge in [-0.2, -0.15) is 5.26 Å². The number of primary amides is 1. The van der Waals surface area contributed by atoms with Crippen LogP contribution >= 0.6 is 0 Å². The Balaban J connectivity index is 1.76. The molecule has 1 fully saturated rings. The van der Waals surface area contributed by atoms with E-state index < -0.39 is 6.04 Å². The summed E-state index contributed by atoms with van der Waals surface area (Å²) in [4.78, 5) is 18.0. The number of nitrogens with zero attached hydrogens (tertiary/aromatic N) is 3. The highest BCUT2D eigenvalue weighted by Gasteiger charge is 2.32. The van der Waals surface area contributed by atoms with Gasteiger partial charge < -0.3 is 10.8 Å². The Morgan fingerprint density at radius 1 is 1.35 bits per heavy atom. The summed E-state index contributed by atoms with van der Waals surface area (Å²) in [5, 5.41) is 19.5. The van der Waals surface area contributed by atoms with Crippen molar-refractivity contribution in [2.24, 2.45) is 5.73 Å². The lowest BCUT2D eigenvalue weighted by Crippen LogP contribution is -2.52. The molecule has 1 amide bonds. The van der Waals surface area contributed by atoms with Gasteiger partial charge in [-0.3, -0.25) is 14.7 Å². The van der Waals surface area contributed by atoms with E-state index in [1.54, 1.807) is 24.4 Å². The summed E-state index contributed by atoms with van der Waals surface area (Å²) in [5.41, 5.74) is 7.76. The predicted octanol–water partition coefficient (Wildman–Crippen LogP) is 2.23. The molecule has 134 valence electrons. The van der Waals surface area contributed by atoms with E-state index >= 15 is 0 Å². The fourth-order valence-electron chi connectivity index (χ4n) is 3.49. The van der Waals surface area contributed by atoms with Crippen molar-refractivity contribution in [1.82, 2.24) is 9.88 Å². The smallest absolute Gasteiger partial charge is 0.234 e. The SMILES string of the molecule is N#C[C@H](Cc1ccc(-c2ccccc2O)nc1)N1CCCCC1C(N)=O. The molecule has 0 saturated carbocycles. The molecule has 2 aromatic rings. The van der Waals surface area contributed by atoms with Crippen molar-refractivity contribution >= 4 is 5.91 Å². The number of phenolic OH excluding ortho intramolecular Hbond substituents is 1. The summed E-state index contributed by atoms with van der Waals surface area (Å²) < 4.78 is 0. The number of rotatable bonds is 5. The molecule has 0 aliphatic carbocycles. The molecule has 1 saturated heterocycles. The number of hydrogen-bond donors (Lipinski definition) is 2. The first kappa shape index (κ1) is 17.9. The van der Waals surface area contributed by atoms with Gasteiger partial charge in [0.15, 0.2) is 0 Å². The number of amides is 1. The quantitative estimate of drug-likeness (QED) is 0.861. The fraction of sp³-hybridized carbons (Fsp3) is 0.350. The summed E-state index contributed by atoms with van der Waals surface area (Å²) in [5.74, 6) is -0.182. The largest absolute Gasteiger partial charge is 0.507 e. The molecule has 2 atom stereocenters. The minimum Gasteiger partial charge on any atom is -0.507 e. The number of aromatic hydroxyl groups is 1. The van der Waals surface area contributed by atoms with Crippen molar-refractivity contribution in [3.05, 3.63) is 48.2 Å². The lowest BCUT2D eigenvalue weighted by Gasteiger charge is -2.36. The van der Waals surface area contributed by atoms with Gasteiger partial charge in [0.1, 0.15) is 11.8 Å². The van der Waals surface area contributed by atoms with Crippen LogP contribution < -0.4 is 5.73 Å². The van der Waals surface area contributed by atoms with E-state index in [2.05, 4.69) is 11.1 Å². The third-order valence-corrected chi connectivity index (χ3v) is 4.86. The van der Waals surface area contributed by atoms with Crippen LogP contribution in [-0.4, -0.2) is 39.5 Å². The second-order valence-electron chi connectivity index (χ2n) is 6.57. The first-order valence-corrected chi connectivity index (χ1v) is 8.78. The van der Waals surface area contributed by atoms with Gasteiger partial charge >= 0.3 is 0 Å². The van der Waals surface area contributed by atoms with Gasteiger partial charge in [0, 0.05) is 24.7 Å². The Morgan fingerprint density at radius 2 is 2.15 bits per heavy atom. The molecule has 6 heteroatoms. The second-order valence-corrected chi connectivity index (χ2v) is 6.57. The zero-order valence-electron chi connectivity index (χ0n) is 14.5. The monoisotopic (exact) mass is 350 g/mol. The Morgan fingerprint density at radius 3 is 2.81 bits per heavy atom. The maximum atomic E-state index is 11.7. The molecular formula is C20H22N4O2. The topological polar surface area (TPSA) is 103 Å². The van der Waals surface area contributed by atoms with Crippen LogP contribution in [0.1, 0.15) is 24.8 Å². The van der Waals surface area contributed by atoms with Crippen LogP contribution in [0.3, 0.4) is 0 Å². The highest BCUT2D eigenvalue weighted by molar-refractivity contribution is 5.80. The first-order valence-electron chi connectivity index (χ1n) is 8.78. The molecule has 0 radical (unpaired) electrons. The van der Waals surface area contributed by atoms with Gasteiger partial charge in [0.25, 0.3) is 0 Å². The number of nitriles is 1. The van der Waals surface area contributed by atoms with Crippen LogP contribution in [0.2, 0.25) is 0 Å². The number of piperidine rings is 1. The second kappa shape index (κ2) is 7.98. The normalized spacial score (nSPS) is 18.8. The number of hydrogen-bond acceptors (Lipinski definition) is 5. The molecule has 1 aliphatic rings. The third kappa shape index (κ3) is 3.84. The predicted molar refractivity (Wildman–Crippen MR) is 98.0 cm³/mol. The van der Waals surface area contributed by atoms with E-state index in [0.29, 0.717) is 30.6 Å². The molecule has 3 N–H and O–H groups in total. The Labute approximate surface area is 152 Å². The van der Waals surface area contributed by atoms with E-state index in [9.17, 15) is 15.2 Å². The van der Waals surface area contributed by atoms with Crippen LogP contribution in [0.4, 0.5) is 0 Å². The number of aromatic nitrogens is 1. The average molecular weight is 350 g/mol. The van der Waals surface area contributed by atoms with E-state index in [-0.39, 0.29) is 17.7 Å². The van der Waals surface area contributed by atoms with Crippen LogP contribution in [0.5, 0.6) is 5.75 Å². The summed E-state index contributed by atoms with van der Waals surface area (Å²) in [7, 11) is 0.